The summed E-state index contributed by atoms with van der Waals surface area (Å²) in [7, 11) is 0. The van der Waals surface area contributed by atoms with E-state index in [4.69, 9.17) is 5.73 Å². The molecule has 1 fully saturated rings. The van der Waals surface area contributed by atoms with E-state index in [1.165, 1.54) is 18.4 Å². The van der Waals surface area contributed by atoms with Gasteiger partial charge in [-0.2, -0.15) is 0 Å². The van der Waals surface area contributed by atoms with Crippen LogP contribution < -0.4 is 5.73 Å². The molecular weight excluding hydrogens is 258 g/mol. The van der Waals surface area contributed by atoms with Gasteiger partial charge < -0.3 is 10.8 Å². The van der Waals surface area contributed by atoms with Crippen LogP contribution in [0.25, 0.3) is 0 Å². The van der Waals surface area contributed by atoms with Crippen molar-refractivity contribution in [2.45, 2.75) is 37.6 Å². The lowest BCUT2D eigenvalue weighted by Gasteiger charge is -2.37. The van der Waals surface area contributed by atoms with Crippen molar-refractivity contribution in [3.8, 4) is 5.75 Å². The number of rotatable bonds is 3. The Bertz CT molecular complexity index is 568. The second-order valence-corrected chi connectivity index (χ2v) is 6.34. The van der Waals surface area contributed by atoms with Crippen molar-refractivity contribution in [3.63, 3.8) is 0 Å². The monoisotopic (exact) mass is 281 g/mol. The van der Waals surface area contributed by atoms with Crippen LogP contribution in [0, 0.1) is 5.92 Å². The molecule has 0 aliphatic heterocycles. The van der Waals surface area contributed by atoms with Crippen molar-refractivity contribution in [3.05, 3.63) is 65.7 Å². The lowest BCUT2D eigenvalue weighted by Crippen LogP contribution is -2.40. The molecule has 0 spiro atoms. The first kappa shape index (κ1) is 14.2. The van der Waals surface area contributed by atoms with Gasteiger partial charge in [0, 0.05) is 5.54 Å². The molecule has 3 N–H and O–H groups in total. The van der Waals surface area contributed by atoms with E-state index < -0.39 is 0 Å². The normalized spacial score (nSPS) is 25.7. The van der Waals surface area contributed by atoms with Crippen molar-refractivity contribution in [2.75, 3.05) is 0 Å². The summed E-state index contributed by atoms with van der Waals surface area (Å²) < 4.78 is 0. The molecule has 0 aromatic heterocycles. The summed E-state index contributed by atoms with van der Waals surface area (Å²) in [6.07, 6.45) is 5.55. The summed E-state index contributed by atoms with van der Waals surface area (Å²) in [6, 6.07) is 18.1. The van der Waals surface area contributed by atoms with Gasteiger partial charge in [0.05, 0.1) is 0 Å². The van der Waals surface area contributed by atoms with Crippen LogP contribution in [0.3, 0.4) is 0 Å². The maximum Gasteiger partial charge on any atom is 0.115 e. The SMILES string of the molecule is NC1(c2ccc(O)cc2)CCC(Cc2ccccc2)CC1. The first-order valence-corrected chi connectivity index (χ1v) is 7.78. The van der Waals surface area contributed by atoms with Crippen molar-refractivity contribution >= 4 is 0 Å². The lowest BCUT2D eigenvalue weighted by molar-refractivity contribution is 0.235. The standard InChI is InChI=1S/C19H23NO/c20-19(17-6-8-18(21)9-7-17)12-10-16(11-13-19)14-15-4-2-1-3-5-15/h1-9,16,21H,10-14,20H2. The van der Waals surface area contributed by atoms with Crippen LogP contribution in [0.4, 0.5) is 0 Å². The highest BCUT2D eigenvalue weighted by Crippen LogP contribution is 2.39. The zero-order valence-corrected chi connectivity index (χ0v) is 12.3. The first-order chi connectivity index (χ1) is 10.2. The Kier molecular flexibility index (Phi) is 3.98. The second kappa shape index (κ2) is 5.90. The van der Waals surface area contributed by atoms with Gasteiger partial charge in [-0.3, -0.25) is 0 Å². The average molecular weight is 281 g/mol. The topological polar surface area (TPSA) is 46.2 Å². The van der Waals surface area contributed by atoms with Gasteiger partial charge in [0.25, 0.3) is 0 Å². The Balaban J connectivity index is 1.63. The van der Waals surface area contributed by atoms with E-state index in [1.807, 2.05) is 12.1 Å². The molecule has 0 atom stereocenters. The lowest BCUT2D eigenvalue weighted by atomic mass is 9.72. The summed E-state index contributed by atoms with van der Waals surface area (Å²) in [5.74, 6) is 1.04. The van der Waals surface area contributed by atoms with Crippen molar-refractivity contribution in [1.29, 1.82) is 0 Å². The first-order valence-electron chi connectivity index (χ1n) is 7.78. The van der Waals surface area contributed by atoms with Gasteiger partial charge in [-0.05, 0) is 61.3 Å². The van der Waals surface area contributed by atoms with Crippen LogP contribution in [0.15, 0.2) is 54.6 Å². The Hall–Kier alpha value is -1.80. The Morgan fingerprint density at radius 1 is 0.952 bits per heavy atom. The molecule has 0 heterocycles. The summed E-state index contributed by atoms with van der Waals surface area (Å²) >= 11 is 0. The molecule has 0 radical (unpaired) electrons. The molecule has 110 valence electrons. The Morgan fingerprint density at radius 2 is 1.57 bits per heavy atom. The quantitative estimate of drug-likeness (QED) is 0.894. The van der Waals surface area contributed by atoms with Crippen LogP contribution in [-0.4, -0.2) is 5.11 Å². The second-order valence-electron chi connectivity index (χ2n) is 6.34. The number of aromatic hydroxyl groups is 1. The van der Waals surface area contributed by atoms with E-state index in [0.29, 0.717) is 5.75 Å². The molecular formula is C19H23NO. The molecule has 1 aliphatic carbocycles. The third kappa shape index (κ3) is 3.27. The predicted molar refractivity (Wildman–Crippen MR) is 86.1 cm³/mol. The van der Waals surface area contributed by atoms with Gasteiger partial charge in [-0.15, -0.1) is 0 Å². The molecule has 21 heavy (non-hydrogen) atoms. The van der Waals surface area contributed by atoms with E-state index in [-0.39, 0.29) is 5.54 Å². The highest BCUT2D eigenvalue weighted by Gasteiger charge is 2.33. The fraction of sp³-hybridized carbons (Fsp3) is 0.368. The summed E-state index contributed by atoms with van der Waals surface area (Å²) in [5, 5.41) is 9.40. The summed E-state index contributed by atoms with van der Waals surface area (Å²) in [5.41, 5.74) is 8.96. The van der Waals surface area contributed by atoms with E-state index in [9.17, 15) is 5.11 Å². The molecule has 1 aliphatic rings. The van der Waals surface area contributed by atoms with Crippen molar-refractivity contribution in [1.82, 2.24) is 0 Å². The number of hydrogen-bond donors (Lipinski definition) is 2. The molecule has 2 heteroatoms. The fourth-order valence-corrected chi connectivity index (χ4v) is 3.43. The summed E-state index contributed by atoms with van der Waals surface area (Å²) in [6.45, 7) is 0. The van der Waals surface area contributed by atoms with Gasteiger partial charge in [-0.25, -0.2) is 0 Å². The van der Waals surface area contributed by atoms with E-state index in [2.05, 4.69) is 30.3 Å². The van der Waals surface area contributed by atoms with Gasteiger partial charge in [0.15, 0.2) is 0 Å². The maximum atomic E-state index is 9.40. The zero-order chi connectivity index (χ0) is 14.7. The number of phenols is 1. The summed E-state index contributed by atoms with van der Waals surface area (Å²) in [4.78, 5) is 0. The van der Waals surface area contributed by atoms with Crippen LogP contribution in [-0.2, 0) is 12.0 Å². The fourth-order valence-electron chi connectivity index (χ4n) is 3.43. The van der Waals surface area contributed by atoms with Gasteiger partial charge in [0.2, 0.25) is 0 Å². The average Bonchev–Trinajstić information content (AvgIpc) is 2.51. The van der Waals surface area contributed by atoms with Crippen LogP contribution in [0.1, 0.15) is 36.8 Å². The molecule has 1 saturated carbocycles. The zero-order valence-electron chi connectivity index (χ0n) is 12.3. The molecule has 0 bridgehead atoms. The smallest absolute Gasteiger partial charge is 0.115 e. The van der Waals surface area contributed by atoms with Crippen LogP contribution >= 0.6 is 0 Å². The minimum absolute atomic E-state index is 0.221. The maximum absolute atomic E-state index is 9.40. The van der Waals surface area contributed by atoms with E-state index in [0.717, 1.165) is 30.7 Å². The molecule has 3 rings (SSSR count). The number of hydrogen-bond acceptors (Lipinski definition) is 2. The Morgan fingerprint density at radius 3 is 2.19 bits per heavy atom. The highest BCUT2D eigenvalue weighted by atomic mass is 16.3. The van der Waals surface area contributed by atoms with Gasteiger partial charge in [0.1, 0.15) is 5.75 Å². The van der Waals surface area contributed by atoms with Gasteiger partial charge >= 0.3 is 0 Å². The van der Waals surface area contributed by atoms with Crippen molar-refractivity contribution in [2.24, 2.45) is 11.7 Å². The minimum atomic E-state index is -0.221. The molecule has 2 nitrogen and oxygen atoms in total. The van der Waals surface area contributed by atoms with E-state index in [1.54, 1.807) is 12.1 Å². The molecule has 0 amide bonds. The molecule has 2 aromatic rings. The largest absolute Gasteiger partial charge is 0.508 e. The third-order valence-electron chi connectivity index (χ3n) is 4.81. The highest BCUT2D eigenvalue weighted by molar-refractivity contribution is 5.31. The molecule has 2 aromatic carbocycles. The van der Waals surface area contributed by atoms with Gasteiger partial charge in [-0.1, -0.05) is 42.5 Å². The predicted octanol–water partition coefficient (Wildman–Crippen LogP) is 3.98. The van der Waals surface area contributed by atoms with Crippen molar-refractivity contribution < 1.29 is 5.11 Å². The van der Waals surface area contributed by atoms with Crippen LogP contribution in [0.5, 0.6) is 5.75 Å². The third-order valence-corrected chi connectivity index (χ3v) is 4.81. The number of benzene rings is 2. The Labute approximate surface area is 126 Å². The molecule has 0 saturated heterocycles. The number of phenolic OH excluding ortho intramolecular Hbond substituents is 1. The molecule has 0 unspecified atom stereocenters. The van der Waals surface area contributed by atoms with Crippen LogP contribution in [0.2, 0.25) is 0 Å². The minimum Gasteiger partial charge on any atom is -0.508 e. The van der Waals surface area contributed by atoms with E-state index >= 15 is 0 Å². The number of nitrogens with two attached hydrogens (primary N) is 1.